The number of carbonyl (C=O) groups is 4. The first-order chi connectivity index (χ1) is 15.8. The predicted octanol–water partition coefficient (Wildman–Crippen LogP) is 3.15. The lowest BCUT2D eigenvalue weighted by Crippen LogP contribution is -2.48. The van der Waals surface area contributed by atoms with Crippen LogP contribution in [0.15, 0.2) is 48.5 Å². The van der Waals surface area contributed by atoms with Gasteiger partial charge in [0.1, 0.15) is 6.04 Å². The van der Waals surface area contributed by atoms with Gasteiger partial charge in [0.2, 0.25) is 11.8 Å². The monoisotopic (exact) mass is 444 g/mol. The van der Waals surface area contributed by atoms with E-state index in [4.69, 9.17) is 4.74 Å². The molecule has 7 heteroatoms. The molecule has 0 aliphatic carbocycles. The number of anilines is 2. The van der Waals surface area contributed by atoms with E-state index in [-0.39, 0.29) is 30.2 Å². The van der Waals surface area contributed by atoms with Crippen LogP contribution in [0.1, 0.15) is 35.3 Å². The molecule has 168 valence electrons. The largest absolute Gasteiger partial charge is 0.462 e. The minimum atomic E-state index is -0.762. The number of rotatable bonds is 4. The van der Waals surface area contributed by atoms with Gasteiger partial charge in [-0.15, -0.1) is 0 Å². The number of fused-ring (bicyclic) bond motifs is 5. The molecular weight excluding hydrogens is 420 g/mol. The van der Waals surface area contributed by atoms with Crippen molar-refractivity contribution in [2.75, 3.05) is 16.4 Å². The van der Waals surface area contributed by atoms with Crippen LogP contribution < -0.4 is 9.80 Å². The Balaban J connectivity index is 1.52. The van der Waals surface area contributed by atoms with Crippen molar-refractivity contribution in [1.29, 1.82) is 0 Å². The number of aryl methyl sites for hydroxylation is 1. The highest BCUT2D eigenvalue weighted by Gasteiger charge is 2.63. The molecule has 3 aliphatic rings. The summed E-state index contributed by atoms with van der Waals surface area (Å²) in [6.07, 6.45) is 3.90. The summed E-state index contributed by atoms with van der Waals surface area (Å²) in [5, 5.41) is 0. The minimum absolute atomic E-state index is 0.144. The third-order valence-corrected chi connectivity index (χ3v) is 6.71. The first-order valence-electron chi connectivity index (χ1n) is 11.1. The zero-order valence-corrected chi connectivity index (χ0v) is 18.6. The molecule has 3 aliphatic heterocycles. The summed E-state index contributed by atoms with van der Waals surface area (Å²) in [6, 6.07) is 11.1. The van der Waals surface area contributed by atoms with E-state index in [9.17, 15) is 19.2 Å². The third-order valence-electron chi connectivity index (χ3n) is 6.71. The highest BCUT2D eigenvalue weighted by molar-refractivity contribution is 6.24. The Hall–Kier alpha value is -3.74. The van der Waals surface area contributed by atoms with E-state index in [1.807, 2.05) is 42.2 Å². The lowest BCUT2D eigenvalue weighted by molar-refractivity contribution is -0.126. The molecule has 0 saturated carbocycles. The van der Waals surface area contributed by atoms with Crippen molar-refractivity contribution in [3.8, 4) is 0 Å². The number of imide groups is 1. The fraction of sp³-hybridized carbons (Fsp3) is 0.308. The number of nitrogens with zero attached hydrogens (tertiary/aromatic N) is 2. The van der Waals surface area contributed by atoms with Crippen LogP contribution >= 0.6 is 0 Å². The van der Waals surface area contributed by atoms with Gasteiger partial charge in [0.15, 0.2) is 5.78 Å². The standard InChI is InChI=1S/C26H24N2O5/c1-4-33-26(32)16-6-9-18(10-7-16)27-24(30)21-20-12-8-17-13-14(2)5-11-19(17)28(20)23(15(3)29)22(21)25(27)31/h5-13,20-23H,4H2,1-3H3/t20-,21-,22+,23+/m0/s1. The fourth-order valence-corrected chi connectivity index (χ4v) is 5.37. The van der Waals surface area contributed by atoms with Crippen molar-refractivity contribution in [3.63, 3.8) is 0 Å². The molecule has 0 N–H and O–H groups in total. The number of Topliss-reactive ketones (excluding diaryl/α,β-unsaturated/α-hetero) is 1. The van der Waals surface area contributed by atoms with Crippen LogP contribution in [0.4, 0.5) is 11.4 Å². The van der Waals surface area contributed by atoms with Crippen molar-refractivity contribution in [3.05, 3.63) is 65.2 Å². The maximum atomic E-state index is 13.6. The summed E-state index contributed by atoms with van der Waals surface area (Å²) >= 11 is 0. The molecule has 2 aromatic rings. The molecule has 2 aromatic carbocycles. The Morgan fingerprint density at radius 3 is 2.36 bits per heavy atom. The van der Waals surface area contributed by atoms with Gasteiger partial charge in [-0.05, 0) is 62.7 Å². The highest BCUT2D eigenvalue weighted by Crippen LogP contribution is 2.49. The summed E-state index contributed by atoms with van der Waals surface area (Å²) in [6.45, 7) is 5.46. The average molecular weight is 444 g/mol. The molecule has 0 spiro atoms. The smallest absolute Gasteiger partial charge is 0.338 e. The number of ketones is 1. The molecule has 2 amide bonds. The van der Waals surface area contributed by atoms with E-state index in [1.54, 1.807) is 19.1 Å². The molecule has 4 atom stereocenters. The molecule has 2 fully saturated rings. The summed E-state index contributed by atoms with van der Waals surface area (Å²) in [5.74, 6) is -2.73. The Morgan fingerprint density at radius 2 is 1.70 bits per heavy atom. The third kappa shape index (κ3) is 3.10. The van der Waals surface area contributed by atoms with Crippen molar-refractivity contribution in [1.82, 2.24) is 0 Å². The average Bonchev–Trinajstić information content (AvgIpc) is 3.27. The van der Waals surface area contributed by atoms with Gasteiger partial charge >= 0.3 is 5.97 Å². The van der Waals surface area contributed by atoms with Crippen LogP contribution in [0.5, 0.6) is 0 Å². The lowest BCUT2D eigenvalue weighted by atomic mass is 9.88. The molecule has 5 rings (SSSR count). The zero-order chi connectivity index (χ0) is 23.4. The number of hydrogen-bond acceptors (Lipinski definition) is 6. The fourth-order valence-electron chi connectivity index (χ4n) is 5.37. The number of hydrogen-bond donors (Lipinski definition) is 0. The van der Waals surface area contributed by atoms with Gasteiger partial charge in [-0.2, -0.15) is 0 Å². The van der Waals surface area contributed by atoms with Crippen LogP contribution in [0.2, 0.25) is 0 Å². The maximum Gasteiger partial charge on any atom is 0.338 e. The second-order valence-corrected chi connectivity index (χ2v) is 8.71. The van der Waals surface area contributed by atoms with Crippen molar-refractivity contribution >= 4 is 41.0 Å². The summed E-state index contributed by atoms with van der Waals surface area (Å²) in [7, 11) is 0. The van der Waals surface area contributed by atoms with Gasteiger partial charge < -0.3 is 9.64 Å². The Kier molecular flexibility index (Phi) is 4.92. The number of ether oxygens (including phenoxy) is 1. The van der Waals surface area contributed by atoms with Crippen LogP contribution in [0.3, 0.4) is 0 Å². The van der Waals surface area contributed by atoms with E-state index >= 15 is 0 Å². The molecule has 0 bridgehead atoms. The number of esters is 1. The molecule has 0 unspecified atom stereocenters. The normalized spacial score (nSPS) is 25.1. The Labute approximate surface area is 191 Å². The van der Waals surface area contributed by atoms with E-state index in [0.29, 0.717) is 11.3 Å². The SMILES string of the molecule is CCOC(=O)c1ccc(N2C(=O)[C@@H]3[C@@H](C2=O)[C@@H]2C=Cc4cc(C)ccc4N2[C@@H]3C(C)=O)cc1. The lowest BCUT2D eigenvalue weighted by Gasteiger charge is -2.36. The molecule has 7 nitrogen and oxygen atoms in total. The van der Waals surface area contributed by atoms with E-state index < -0.39 is 23.8 Å². The zero-order valence-electron chi connectivity index (χ0n) is 18.6. The summed E-state index contributed by atoms with van der Waals surface area (Å²) < 4.78 is 4.99. The topological polar surface area (TPSA) is 84.0 Å². The number of benzene rings is 2. The molecule has 3 heterocycles. The van der Waals surface area contributed by atoms with Crippen molar-refractivity contribution < 1.29 is 23.9 Å². The first kappa shape index (κ1) is 21.1. The van der Waals surface area contributed by atoms with Gasteiger partial charge in [-0.3, -0.25) is 14.4 Å². The van der Waals surface area contributed by atoms with E-state index in [0.717, 1.165) is 21.7 Å². The van der Waals surface area contributed by atoms with Gasteiger partial charge in [0, 0.05) is 5.69 Å². The second-order valence-electron chi connectivity index (χ2n) is 8.71. The van der Waals surface area contributed by atoms with Gasteiger partial charge in [-0.25, -0.2) is 9.69 Å². The van der Waals surface area contributed by atoms with Gasteiger partial charge in [0.25, 0.3) is 0 Å². The molecule has 33 heavy (non-hydrogen) atoms. The number of carbonyl (C=O) groups excluding carboxylic acids is 4. The summed E-state index contributed by atoms with van der Waals surface area (Å²) in [5.41, 5.74) is 3.67. The Morgan fingerprint density at radius 1 is 1.00 bits per heavy atom. The summed E-state index contributed by atoms with van der Waals surface area (Å²) in [4.78, 5) is 55.0. The number of amides is 2. The molecular formula is C26H24N2O5. The quantitative estimate of drug-likeness (QED) is 0.532. The van der Waals surface area contributed by atoms with Crippen molar-refractivity contribution in [2.45, 2.75) is 32.9 Å². The molecule has 0 radical (unpaired) electrons. The minimum Gasteiger partial charge on any atom is -0.462 e. The van der Waals surface area contributed by atoms with E-state index in [2.05, 4.69) is 0 Å². The van der Waals surface area contributed by atoms with Crippen LogP contribution in [-0.4, -0.2) is 42.3 Å². The van der Waals surface area contributed by atoms with E-state index in [1.165, 1.54) is 19.1 Å². The van der Waals surface area contributed by atoms with Gasteiger partial charge in [0.05, 0.1) is 35.7 Å². The Bertz CT molecular complexity index is 1220. The van der Waals surface area contributed by atoms with Crippen LogP contribution in [0, 0.1) is 18.8 Å². The predicted molar refractivity (Wildman–Crippen MR) is 123 cm³/mol. The maximum absolute atomic E-state index is 13.6. The molecule has 0 aromatic heterocycles. The highest BCUT2D eigenvalue weighted by atomic mass is 16.5. The van der Waals surface area contributed by atoms with Crippen LogP contribution in [-0.2, 0) is 19.1 Å². The van der Waals surface area contributed by atoms with Gasteiger partial charge in [-0.1, -0.05) is 23.8 Å². The van der Waals surface area contributed by atoms with Crippen molar-refractivity contribution in [2.24, 2.45) is 11.8 Å². The van der Waals surface area contributed by atoms with Crippen LogP contribution in [0.25, 0.3) is 6.08 Å². The molecule has 2 saturated heterocycles. The second kappa shape index (κ2) is 7.69. The first-order valence-corrected chi connectivity index (χ1v) is 11.1.